The first kappa shape index (κ1) is 11.7. The molecule has 0 aromatic heterocycles. The topological polar surface area (TPSA) is 24.1 Å². The monoisotopic (exact) mass is 228 g/mol. The smallest absolute Gasteiger partial charge is 0.0172 e. The molecule has 1 atom stereocenters. The van der Waals surface area contributed by atoms with Crippen LogP contribution in [-0.2, 0) is 0 Å². The Morgan fingerprint density at radius 2 is 2.00 bits per heavy atom. The predicted octanol–water partition coefficient (Wildman–Crippen LogP) is 2.00. The van der Waals surface area contributed by atoms with E-state index in [0.29, 0.717) is 0 Å². The zero-order valence-corrected chi connectivity index (χ0v) is 10.5. The zero-order chi connectivity index (χ0) is 10.3. The van der Waals surface area contributed by atoms with E-state index in [2.05, 4.69) is 22.4 Å². The average Bonchev–Trinajstić information content (AvgIpc) is 3.09. The van der Waals surface area contributed by atoms with Gasteiger partial charge in [0, 0.05) is 17.8 Å². The van der Waals surface area contributed by atoms with Crippen molar-refractivity contribution in [3.63, 3.8) is 0 Å². The van der Waals surface area contributed by atoms with Crippen LogP contribution in [0.3, 0.4) is 0 Å². The maximum Gasteiger partial charge on any atom is 0.0172 e. The van der Waals surface area contributed by atoms with Crippen LogP contribution >= 0.6 is 11.8 Å². The van der Waals surface area contributed by atoms with Gasteiger partial charge in [0.1, 0.15) is 0 Å². The summed E-state index contributed by atoms with van der Waals surface area (Å²) in [6, 6.07) is 0.874. The van der Waals surface area contributed by atoms with Crippen LogP contribution in [-0.4, -0.2) is 36.7 Å². The number of hydrogen-bond donors (Lipinski definition) is 2. The Hall–Kier alpha value is 0.270. The molecule has 1 saturated heterocycles. The Labute approximate surface area is 98.0 Å². The van der Waals surface area contributed by atoms with Crippen molar-refractivity contribution < 1.29 is 0 Å². The van der Waals surface area contributed by atoms with Crippen molar-refractivity contribution in [3.8, 4) is 0 Å². The van der Waals surface area contributed by atoms with E-state index >= 15 is 0 Å². The van der Waals surface area contributed by atoms with Gasteiger partial charge < -0.3 is 10.6 Å². The average molecular weight is 228 g/mol. The third-order valence-corrected chi connectivity index (χ3v) is 4.58. The predicted molar refractivity (Wildman–Crippen MR) is 68.6 cm³/mol. The van der Waals surface area contributed by atoms with E-state index in [1.807, 2.05) is 0 Å². The van der Waals surface area contributed by atoms with Gasteiger partial charge >= 0.3 is 0 Å². The summed E-state index contributed by atoms with van der Waals surface area (Å²) in [6.07, 6.45) is 8.42. The summed E-state index contributed by atoms with van der Waals surface area (Å²) in [6.45, 7) is 3.63. The molecule has 0 radical (unpaired) electrons. The number of nitrogens with one attached hydrogen (secondary N) is 2. The SMILES string of the molecule is C(CNCC1CCCCS1)CNC1CC1. The second kappa shape index (κ2) is 6.77. The van der Waals surface area contributed by atoms with Gasteiger partial charge in [0.25, 0.3) is 0 Å². The Balaban J connectivity index is 1.37. The molecular formula is C12H24N2S. The van der Waals surface area contributed by atoms with Gasteiger partial charge in [0.05, 0.1) is 0 Å². The van der Waals surface area contributed by atoms with Crippen LogP contribution in [0, 0.1) is 0 Å². The fraction of sp³-hybridized carbons (Fsp3) is 1.00. The van der Waals surface area contributed by atoms with Crippen LogP contribution in [0.15, 0.2) is 0 Å². The van der Waals surface area contributed by atoms with Crippen molar-refractivity contribution in [2.24, 2.45) is 0 Å². The molecule has 0 aromatic rings. The van der Waals surface area contributed by atoms with Crippen LogP contribution in [0.1, 0.15) is 38.5 Å². The van der Waals surface area contributed by atoms with Gasteiger partial charge in [0.15, 0.2) is 0 Å². The summed E-state index contributed by atoms with van der Waals surface area (Å²) in [7, 11) is 0. The van der Waals surface area contributed by atoms with Crippen molar-refractivity contribution in [1.82, 2.24) is 10.6 Å². The van der Waals surface area contributed by atoms with Crippen LogP contribution < -0.4 is 10.6 Å². The van der Waals surface area contributed by atoms with Crippen LogP contribution in [0.5, 0.6) is 0 Å². The van der Waals surface area contributed by atoms with Crippen molar-refractivity contribution in [1.29, 1.82) is 0 Å². The standard InChI is InChI=1S/C12H24N2S/c1-2-9-15-12(4-1)10-13-7-3-8-14-11-5-6-11/h11-14H,1-10H2. The maximum atomic E-state index is 3.59. The molecule has 0 amide bonds. The minimum absolute atomic E-state index is 0.874. The van der Waals surface area contributed by atoms with Gasteiger partial charge in [0.2, 0.25) is 0 Å². The number of hydrogen-bond acceptors (Lipinski definition) is 3. The van der Waals surface area contributed by atoms with E-state index in [1.54, 1.807) is 0 Å². The van der Waals surface area contributed by atoms with Crippen molar-refractivity contribution in [2.75, 3.05) is 25.4 Å². The fourth-order valence-electron chi connectivity index (χ4n) is 2.04. The lowest BCUT2D eigenvalue weighted by Gasteiger charge is -2.21. The first-order chi connectivity index (χ1) is 7.45. The van der Waals surface area contributed by atoms with Gasteiger partial charge in [-0.2, -0.15) is 11.8 Å². The fourth-order valence-corrected chi connectivity index (χ4v) is 3.31. The molecule has 1 saturated carbocycles. The minimum Gasteiger partial charge on any atom is -0.316 e. The first-order valence-electron chi connectivity index (χ1n) is 6.51. The van der Waals surface area contributed by atoms with E-state index in [4.69, 9.17) is 0 Å². The summed E-state index contributed by atoms with van der Waals surface area (Å²) in [5.74, 6) is 1.38. The lowest BCUT2D eigenvalue weighted by Crippen LogP contribution is -2.29. The Morgan fingerprint density at radius 1 is 1.07 bits per heavy atom. The molecule has 1 heterocycles. The molecule has 0 aromatic carbocycles. The maximum absolute atomic E-state index is 3.59. The summed E-state index contributed by atoms with van der Waals surface area (Å²) >= 11 is 2.16. The summed E-state index contributed by atoms with van der Waals surface area (Å²) < 4.78 is 0. The third-order valence-electron chi connectivity index (χ3n) is 3.19. The zero-order valence-electron chi connectivity index (χ0n) is 9.63. The molecule has 15 heavy (non-hydrogen) atoms. The molecule has 0 bridgehead atoms. The van der Waals surface area contributed by atoms with Crippen LogP contribution in [0.2, 0.25) is 0 Å². The van der Waals surface area contributed by atoms with E-state index in [-0.39, 0.29) is 0 Å². The minimum atomic E-state index is 0.874. The van der Waals surface area contributed by atoms with Crippen LogP contribution in [0.25, 0.3) is 0 Å². The highest BCUT2D eigenvalue weighted by atomic mass is 32.2. The first-order valence-corrected chi connectivity index (χ1v) is 7.56. The van der Waals surface area contributed by atoms with Gasteiger partial charge in [-0.15, -0.1) is 0 Å². The van der Waals surface area contributed by atoms with E-state index in [9.17, 15) is 0 Å². The molecule has 1 unspecified atom stereocenters. The summed E-state index contributed by atoms with van der Waals surface area (Å²) in [5, 5.41) is 8.04. The molecule has 2 N–H and O–H groups in total. The lowest BCUT2D eigenvalue weighted by atomic mass is 10.2. The highest BCUT2D eigenvalue weighted by Gasteiger charge is 2.19. The van der Waals surface area contributed by atoms with Gasteiger partial charge in [-0.05, 0) is 50.9 Å². The third kappa shape index (κ3) is 5.23. The molecule has 2 nitrogen and oxygen atoms in total. The molecule has 88 valence electrons. The molecule has 0 spiro atoms. The highest BCUT2D eigenvalue weighted by Crippen LogP contribution is 2.24. The van der Waals surface area contributed by atoms with E-state index in [0.717, 1.165) is 11.3 Å². The van der Waals surface area contributed by atoms with Gasteiger partial charge in [-0.25, -0.2) is 0 Å². The van der Waals surface area contributed by atoms with Crippen LogP contribution in [0.4, 0.5) is 0 Å². The van der Waals surface area contributed by atoms with E-state index in [1.165, 1.54) is 63.9 Å². The largest absolute Gasteiger partial charge is 0.316 e. The Bertz CT molecular complexity index is 165. The summed E-state index contributed by atoms with van der Waals surface area (Å²) in [4.78, 5) is 0. The van der Waals surface area contributed by atoms with E-state index < -0.39 is 0 Å². The molecule has 2 aliphatic rings. The highest BCUT2D eigenvalue weighted by molar-refractivity contribution is 7.99. The number of rotatable bonds is 7. The Kier molecular flexibility index (Phi) is 5.30. The number of thioether (sulfide) groups is 1. The molecule has 2 rings (SSSR count). The second-order valence-electron chi connectivity index (χ2n) is 4.77. The molecule has 1 aliphatic carbocycles. The second-order valence-corrected chi connectivity index (χ2v) is 6.18. The molecular weight excluding hydrogens is 204 g/mol. The Morgan fingerprint density at radius 3 is 2.73 bits per heavy atom. The van der Waals surface area contributed by atoms with Gasteiger partial charge in [-0.3, -0.25) is 0 Å². The normalized spacial score (nSPS) is 26.8. The molecule has 1 aliphatic heterocycles. The van der Waals surface area contributed by atoms with Crippen molar-refractivity contribution in [3.05, 3.63) is 0 Å². The van der Waals surface area contributed by atoms with Gasteiger partial charge in [-0.1, -0.05) is 6.42 Å². The molecule has 2 fully saturated rings. The van der Waals surface area contributed by atoms with Crippen molar-refractivity contribution in [2.45, 2.75) is 49.8 Å². The summed E-state index contributed by atoms with van der Waals surface area (Å²) in [5.41, 5.74) is 0. The quantitative estimate of drug-likeness (QED) is 0.652. The van der Waals surface area contributed by atoms with Crippen molar-refractivity contribution >= 4 is 11.8 Å². The molecule has 3 heteroatoms. The lowest BCUT2D eigenvalue weighted by molar-refractivity contribution is 0.565.